The molecule has 3 aromatic rings. The summed E-state index contributed by atoms with van der Waals surface area (Å²) < 4.78 is 71.2. The molecule has 0 bridgehead atoms. The Morgan fingerprint density at radius 3 is 2.79 bits per heavy atom. The fraction of sp³-hybridized carbons (Fsp3) is 0.333. The van der Waals surface area contributed by atoms with E-state index in [2.05, 4.69) is 30.4 Å². The average Bonchev–Trinajstić information content (AvgIpc) is 3.24. The van der Waals surface area contributed by atoms with Gasteiger partial charge >= 0.3 is 6.18 Å². The van der Waals surface area contributed by atoms with Crippen molar-refractivity contribution in [3.05, 3.63) is 36.5 Å². The molecule has 1 saturated carbocycles. The summed E-state index contributed by atoms with van der Waals surface area (Å²) in [5.74, 6) is -0.847. The molecule has 1 amide bonds. The highest BCUT2D eigenvalue weighted by molar-refractivity contribution is 7.89. The largest absolute Gasteiger partial charge is 0.444 e. The number of sulfonamides is 1. The summed E-state index contributed by atoms with van der Waals surface area (Å²) in [7, 11) is -2.42. The van der Waals surface area contributed by atoms with Crippen molar-refractivity contribution in [3.8, 4) is 11.5 Å². The number of hydrogen-bond donors (Lipinski definition) is 3. The Kier molecular flexibility index (Phi) is 5.84. The molecule has 4 rings (SSSR count). The average molecular weight is 485 g/mol. The highest BCUT2D eigenvalue weighted by atomic mass is 32.2. The summed E-state index contributed by atoms with van der Waals surface area (Å²) in [6, 6.07) is 2.59. The van der Waals surface area contributed by atoms with Crippen LogP contribution in [0.15, 0.2) is 40.2 Å². The third kappa shape index (κ3) is 5.67. The lowest BCUT2D eigenvalue weighted by Gasteiger charge is -2.08. The van der Waals surface area contributed by atoms with Gasteiger partial charge in [0.05, 0.1) is 0 Å². The van der Waals surface area contributed by atoms with Gasteiger partial charge < -0.3 is 15.1 Å². The molecule has 15 heteroatoms. The van der Waals surface area contributed by atoms with E-state index in [0.717, 1.165) is 19.1 Å². The number of rotatable bonds is 8. The smallest absolute Gasteiger partial charge is 0.405 e. The van der Waals surface area contributed by atoms with Gasteiger partial charge in [-0.1, -0.05) is 0 Å². The Bertz CT molecular complexity index is 1280. The first-order valence-corrected chi connectivity index (χ1v) is 11.1. The van der Waals surface area contributed by atoms with Crippen molar-refractivity contribution in [2.75, 3.05) is 17.2 Å². The number of amides is 1. The van der Waals surface area contributed by atoms with Crippen molar-refractivity contribution in [2.45, 2.75) is 30.1 Å². The first kappa shape index (κ1) is 22.7. The van der Waals surface area contributed by atoms with E-state index in [4.69, 9.17) is 4.42 Å². The third-order valence-electron chi connectivity index (χ3n) is 4.41. The summed E-state index contributed by atoms with van der Waals surface area (Å²) in [4.78, 5) is 20.5. The molecule has 33 heavy (non-hydrogen) atoms. The summed E-state index contributed by atoms with van der Waals surface area (Å²) in [6.07, 6.45) is 0.689. The summed E-state index contributed by atoms with van der Waals surface area (Å²) >= 11 is 0. The van der Waals surface area contributed by atoms with E-state index in [-0.39, 0.29) is 39.7 Å². The van der Waals surface area contributed by atoms with E-state index in [0.29, 0.717) is 0 Å². The van der Waals surface area contributed by atoms with Gasteiger partial charge in [0, 0.05) is 31.0 Å². The van der Waals surface area contributed by atoms with Crippen LogP contribution in [0.1, 0.15) is 23.3 Å². The molecule has 0 aromatic carbocycles. The van der Waals surface area contributed by atoms with Crippen LogP contribution < -0.4 is 15.4 Å². The Balaban J connectivity index is 1.49. The first-order chi connectivity index (χ1) is 15.5. The highest BCUT2D eigenvalue weighted by Gasteiger charge is 2.32. The van der Waals surface area contributed by atoms with Gasteiger partial charge in [-0.3, -0.25) is 9.48 Å². The molecule has 3 aromatic heterocycles. The van der Waals surface area contributed by atoms with Gasteiger partial charge in [-0.05, 0) is 25.0 Å². The number of carbonyl (C=O) groups excluding carboxylic acids is 1. The number of aryl methyl sites for hydroxylation is 1. The van der Waals surface area contributed by atoms with Gasteiger partial charge in [-0.15, -0.1) is 0 Å². The van der Waals surface area contributed by atoms with E-state index in [1.807, 2.05) is 0 Å². The van der Waals surface area contributed by atoms with Crippen molar-refractivity contribution in [1.82, 2.24) is 24.5 Å². The van der Waals surface area contributed by atoms with Crippen LogP contribution in [0.4, 0.5) is 24.7 Å². The maximum Gasteiger partial charge on any atom is 0.405 e. The Morgan fingerprint density at radius 1 is 1.33 bits per heavy atom. The van der Waals surface area contributed by atoms with Crippen molar-refractivity contribution in [2.24, 2.45) is 7.05 Å². The summed E-state index contributed by atoms with van der Waals surface area (Å²) in [6.45, 7) is -1.27. The standard InChI is InChI=1S/C18H18F3N7O4S/c1-28-7-12(17(26-28)33(30,31)27-11-2-3-11)24-15(29)13-8-32-16(25-13)10-4-5-22-14(6-10)23-9-18(19,20)21/h4-8,11,27H,2-3,9H2,1H3,(H,22,23)(H,24,29). The van der Waals surface area contributed by atoms with Gasteiger partial charge in [0.1, 0.15) is 24.3 Å². The van der Waals surface area contributed by atoms with Crippen LogP contribution in [-0.2, 0) is 17.1 Å². The van der Waals surface area contributed by atoms with Gasteiger partial charge in [0.15, 0.2) is 5.69 Å². The van der Waals surface area contributed by atoms with Crippen LogP contribution in [0.25, 0.3) is 11.5 Å². The first-order valence-electron chi connectivity index (χ1n) is 9.60. The highest BCUT2D eigenvalue weighted by Crippen LogP contribution is 2.26. The van der Waals surface area contributed by atoms with Crippen molar-refractivity contribution in [1.29, 1.82) is 0 Å². The number of halogens is 3. The van der Waals surface area contributed by atoms with Crippen molar-refractivity contribution < 1.29 is 30.8 Å². The number of nitrogens with zero attached hydrogens (tertiary/aromatic N) is 4. The molecule has 0 aliphatic heterocycles. The Labute approximate surface area is 185 Å². The van der Waals surface area contributed by atoms with Crippen LogP contribution in [0.2, 0.25) is 0 Å². The lowest BCUT2D eigenvalue weighted by Crippen LogP contribution is -2.27. The number of oxazole rings is 1. The van der Waals surface area contributed by atoms with E-state index < -0.39 is 28.7 Å². The molecule has 0 atom stereocenters. The molecule has 0 radical (unpaired) electrons. The molecule has 3 heterocycles. The molecule has 0 unspecified atom stereocenters. The Morgan fingerprint density at radius 2 is 2.09 bits per heavy atom. The van der Waals surface area contributed by atoms with E-state index in [1.165, 1.54) is 36.3 Å². The lowest BCUT2D eigenvalue weighted by atomic mass is 10.2. The number of anilines is 2. The summed E-state index contributed by atoms with van der Waals surface area (Å²) in [5.41, 5.74) is 0.0729. The van der Waals surface area contributed by atoms with Crippen LogP contribution >= 0.6 is 0 Å². The zero-order valence-corrected chi connectivity index (χ0v) is 17.9. The maximum atomic E-state index is 12.6. The predicted octanol–water partition coefficient (Wildman–Crippen LogP) is 2.14. The number of carbonyl (C=O) groups is 1. The molecule has 0 spiro atoms. The molecule has 1 aliphatic carbocycles. The number of nitrogens with one attached hydrogen (secondary N) is 3. The minimum Gasteiger partial charge on any atom is -0.444 e. The molecule has 3 N–H and O–H groups in total. The number of hydrogen-bond acceptors (Lipinski definition) is 8. The third-order valence-corrected chi connectivity index (χ3v) is 5.86. The van der Waals surface area contributed by atoms with Gasteiger partial charge in [0.2, 0.25) is 10.9 Å². The van der Waals surface area contributed by atoms with Crippen molar-refractivity contribution >= 4 is 27.4 Å². The van der Waals surface area contributed by atoms with Crippen LogP contribution in [0.3, 0.4) is 0 Å². The van der Waals surface area contributed by atoms with Crippen LogP contribution in [-0.4, -0.2) is 52.8 Å². The van der Waals surface area contributed by atoms with Crippen molar-refractivity contribution in [3.63, 3.8) is 0 Å². The maximum absolute atomic E-state index is 12.6. The normalized spacial score (nSPS) is 14.3. The van der Waals surface area contributed by atoms with E-state index >= 15 is 0 Å². The van der Waals surface area contributed by atoms with Gasteiger partial charge in [0.25, 0.3) is 15.9 Å². The molecule has 176 valence electrons. The summed E-state index contributed by atoms with van der Waals surface area (Å²) in [5, 5.41) is 8.18. The molecular weight excluding hydrogens is 467 g/mol. The van der Waals surface area contributed by atoms with Crippen LogP contribution in [0.5, 0.6) is 0 Å². The van der Waals surface area contributed by atoms with E-state index in [9.17, 15) is 26.4 Å². The number of pyridine rings is 1. The van der Waals surface area contributed by atoms with Gasteiger partial charge in [-0.25, -0.2) is 23.1 Å². The van der Waals surface area contributed by atoms with E-state index in [1.54, 1.807) is 0 Å². The zero-order chi connectivity index (χ0) is 23.8. The molecule has 1 fully saturated rings. The van der Waals surface area contributed by atoms with Crippen LogP contribution in [0, 0.1) is 0 Å². The number of aromatic nitrogens is 4. The molecule has 11 nitrogen and oxygen atoms in total. The molecular formula is C18H18F3N7O4S. The lowest BCUT2D eigenvalue weighted by molar-refractivity contribution is -0.115. The second-order valence-electron chi connectivity index (χ2n) is 7.31. The number of alkyl halides is 3. The minimum absolute atomic E-state index is 0.0351. The second kappa shape index (κ2) is 8.47. The zero-order valence-electron chi connectivity index (χ0n) is 17.0. The Hall–Kier alpha value is -3.46. The quantitative estimate of drug-likeness (QED) is 0.440. The fourth-order valence-corrected chi connectivity index (χ4v) is 4.19. The predicted molar refractivity (Wildman–Crippen MR) is 109 cm³/mol. The molecule has 1 aliphatic rings. The topological polar surface area (TPSA) is 144 Å². The minimum atomic E-state index is -4.42. The monoisotopic (exact) mass is 485 g/mol. The second-order valence-corrected chi connectivity index (χ2v) is 8.94. The van der Waals surface area contributed by atoms with Gasteiger partial charge in [-0.2, -0.15) is 18.3 Å². The SMILES string of the molecule is Cn1cc(NC(=O)c2coc(-c3ccnc(NCC(F)(F)F)c3)n2)c(S(=O)(=O)NC2CC2)n1. The fourth-order valence-electron chi connectivity index (χ4n) is 2.78. The molecule has 0 saturated heterocycles.